The third-order valence-corrected chi connectivity index (χ3v) is 4.18. The van der Waals surface area contributed by atoms with Crippen LogP contribution in [0.4, 0.5) is 8.78 Å². The number of aromatic nitrogens is 3. The van der Waals surface area contributed by atoms with E-state index in [0.717, 1.165) is 16.7 Å². The Morgan fingerprint density at radius 2 is 1.97 bits per heavy atom. The molecule has 1 heterocycles. The van der Waals surface area contributed by atoms with Crippen molar-refractivity contribution in [3.63, 3.8) is 0 Å². The summed E-state index contributed by atoms with van der Waals surface area (Å²) in [5.74, 6) is 1.38. The van der Waals surface area contributed by atoms with Gasteiger partial charge in [0.15, 0.2) is 11.8 Å². The van der Waals surface area contributed by atoms with E-state index in [1.807, 2.05) is 31.2 Å². The number of alkyl halides is 2. The third kappa shape index (κ3) is 6.65. The van der Waals surface area contributed by atoms with Crippen molar-refractivity contribution in [1.82, 2.24) is 25.8 Å². The Labute approximate surface area is 190 Å². The predicted molar refractivity (Wildman–Crippen MR) is 122 cm³/mol. The number of hydrogen-bond donors (Lipinski definition) is 3. The number of guanidine groups is 1. The second-order valence-electron chi connectivity index (χ2n) is 6.30. The minimum Gasteiger partial charge on any atom is -0.434 e. The lowest BCUT2D eigenvalue weighted by atomic mass is 10.1. The fourth-order valence-electron chi connectivity index (χ4n) is 2.82. The normalized spacial score (nSPS) is 11.2. The Morgan fingerprint density at radius 1 is 1.17 bits per heavy atom. The zero-order valence-electron chi connectivity index (χ0n) is 16.5. The maximum atomic E-state index is 12.6. The molecule has 1 aromatic heterocycles. The molecule has 0 spiro atoms. The molecule has 0 saturated carbocycles. The van der Waals surface area contributed by atoms with Crippen molar-refractivity contribution in [3.8, 4) is 17.1 Å². The number of benzene rings is 2. The first-order chi connectivity index (χ1) is 14.0. The van der Waals surface area contributed by atoms with Crippen LogP contribution >= 0.6 is 24.0 Å². The summed E-state index contributed by atoms with van der Waals surface area (Å²) < 4.78 is 29.8. The van der Waals surface area contributed by atoms with Crippen molar-refractivity contribution in [2.45, 2.75) is 26.6 Å². The van der Waals surface area contributed by atoms with E-state index in [1.165, 1.54) is 6.33 Å². The summed E-state index contributed by atoms with van der Waals surface area (Å²) >= 11 is 0. The maximum Gasteiger partial charge on any atom is 0.387 e. The Bertz CT molecular complexity index is 966. The third-order valence-electron chi connectivity index (χ3n) is 4.18. The van der Waals surface area contributed by atoms with Gasteiger partial charge in [0.1, 0.15) is 12.1 Å². The number of ether oxygens (including phenoxy) is 1. The number of aromatic amines is 1. The van der Waals surface area contributed by atoms with Crippen LogP contribution in [0.2, 0.25) is 0 Å². The van der Waals surface area contributed by atoms with Crippen LogP contribution in [0, 0.1) is 6.92 Å². The molecule has 0 aliphatic carbocycles. The lowest BCUT2D eigenvalue weighted by molar-refractivity contribution is -0.0504. The number of nitrogens with zero attached hydrogens (tertiary/aromatic N) is 3. The highest BCUT2D eigenvalue weighted by atomic mass is 127. The monoisotopic (exact) mass is 528 g/mol. The molecular formula is C20H23F2IN6O. The summed E-state index contributed by atoms with van der Waals surface area (Å²) in [6.07, 6.45) is 1.46. The van der Waals surface area contributed by atoms with Crippen LogP contribution in [0.25, 0.3) is 11.4 Å². The van der Waals surface area contributed by atoms with Crippen molar-refractivity contribution in [1.29, 1.82) is 0 Å². The van der Waals surface area contributed by atoms with E-state index in [0.29, 0.717) is 30.4 Å². The fourth-order valence-corrected chi connectivity index (χ4v) is 2.82. The quantitative estimate of drug-likeness (QED) is 0.246. The Morgan fingerprint density at radius 3 is 2.67 bits per heavy atom. The van der Waals surface area contributed by atoms with Gasteiger partial charge < -0.3 is 15.4 Å². The largest absolute Gasteiger partial charge is 0.434 e. The smallest absolute Gasteiger partial charge is 0.387 e. The molecule has 3 aromatic rings. The molecule has 3 N–H and O–H groups in total. The molecular weight excluding hydrogens is 505 g/mol. The van der Waals surface area contributed by atoms with Crippen molar-refractivity contribution in [2.24, 2.45) is 4.99 Å². The highest BCUT2D eigenvalue weighted by Crippen LogP contribution is 2.22. The van der Waals surface area contributed by atoms with Gasteiger partial charge in [-0.05, 0) is 24.6 Å². The van der Waals surface area contributed by atoms with E-state index in [9.17, 15) is 8.78 Å². The first-order valence-corrected chi connectivity index (χ1v) is 8.98. The van der Waals surface area contributed by atoms with Gasteiger partial charge in [0.05, 0.1) is 0 Å². The molecule has 0 fully saturated rings. The average Bonchev–Trinajstić information content (AvgIpc) is 3.25. The Balaban J connectivity index is 0.00000320. The minimum absolute atomic E-state index is 0. The van der Waals surface area contributed by atoms with Gasteiger partial charge in [0.25, 0.3) is 0 Å². The summed E-state index contributed by atoms with van der Waals surface area (Å²) in [4.78, 5) is 8.33. The number of nitrogens with one attached hydrogen (secondary N) is 3. The second-order valence-corrected chi connectivity index (χ2v) is 6.30. The Hall–Kier alpha value is -2.76. The van der Waals surface area contributed by atoms with Crippen LogP contribution in [0.5, 0.6) is 5.75 Å². The summed E-state index contributed by atoms with van der Waals surface area (Å²) in [6, 6.07) is 12.9. The highest BCUT2D eigenvalue weighted by Gasteiger charge is 2.10. The molecule has 160 valence electrons. The van der Waals surface area contributed by atoms with Crippen molar-refractivity contribution >= 4 is 29.9 Å². The van der Waals surface area contributed by atoms with E-state index < -0.39 is 6.61 Å². The van der Waals surface area contributed by atoms with Crippen LogP contribution < -0.4 is 15.4 Å². The van der Waals surface area contributed by atoms with Crippen molar-refractivity contribution in [3.05, 3.63) is 65.5 Å². The number of H-pyrrole nitrogens is 1. The predicted octanol–water partition coefficient (Wildman–Crippen LogP) is 3.86. The van der Waals surface area contributed by atoms with Gasteiger partial charge >= 0.3 is 6.61 Å². The highest BCUT2D eigenvalue weighted by molar-refractivity contribution is 14.0. The van der Waals surface area contributed by atoms with Crippen LogP contribution in [-0.2, 0) is 13.1 Å². The van der Waals surface area contributed by atoms with E-state index in [1.54, 1.807) is 25.2 Å². The van der Waals surface area contributed by atoms with Crippen LogP contribution in [0.1, 0.15) is 16.7 Å². The van der Waals surface area contributed by atoms with Gasteiger partial charge in [-0.2, -0.15) is 13.9 Å². The van der Waals surface area contributed by atoms with Crippen molar-refractivity contribution in [2.75, 3.05) is 7.05 Å². The molecule has 0 radical (unpaired) electrons. The molecule has 0 amide bonds. The van der Waals surface area contributed by atoms with Crippen molar-refractivity contribution < 1.29 is 13.5 Å². The standard InChI is InChI=1S/C20H22F2N6O.HI/c1-13-6-7-17(29-19(21)22)16(8-13)11-25-20(23-2)24-10-14-4-3-5-15(9-14)18-26-12-27-28-18;/h3-9,12,19H,10-11H2,1-2H3,(H2,23,24,25)(H,26,27,28);1H. The number of halogens is 3. The number of aryl methyl sites for hydroxylation is 1. The molecule has 0 unspecified atom stereocenters. The minimum atomic E-state index is -2.87. The Kier molecular flexibility index (Phi) is 8.96. The van der Waals surface area contributed by atoms with E-state index >= 15 is 0 Å². The maximum absolute atomic E-state index is 12.6. The van der Waals surface area contributed by atoms with E-state index in [2.05, 4.69) is 35.5 Å². The van der Waals surface area contributed by atoms with Gasteiger partial charge in [-0.25, -0.2) is 4.98 Å². The summed E-state index contributed by atoms with van der Waals surface area (Å²) in [5, 5.41) is 13.0. The first-order valence-electron chi connectivity index (χ1n) is 8.98. The summed E-state index contributed by atoms with van der Waals surface area (Å²) in [6.45, 7) is -0.160. The van der Waals surface area contributed by atoms with Crippen LogP contribution in [-0.4, -0.2) is 34.8 Å². The zero-order valence-corrected chi connectivity index (χ0v) is 18.9. The van der Waals surface area contributed by atoms with Gasteiger partial charge in [0.2, 0.25) is 0 Å². The molecule has 10 heteroatoms. The molecule has 0 atom stereocenters. The van der Waals surface area contributed by atoms with Gasteiger partial charge in [-0.1, -0.05) is 35.9 Å². The average molecular weight is 528 g/mol. The zero-order chi connectivity index (χ0) is 20.6. The second kappa shape index (κ2) is 11.4. The van der Waals surface area contributed by atoms with Crippen LogP contribution in [0.15, 0.2) is 53.8 Å². The molecule has 0 bridgehead atoms. The van der Waals surface area contributed by atoms with Gasteiger partial charge in [-0.3, -0.25) is 10.1 Å². The molecule has 2 aromatic carbocycles. The van der Waals surface area contributed by atoms with Gasteiger partial charge in [0, 0.05) is 31.3 Å². The first kappa shape index (κ1) is 23.5. The molecule has 30 heavy (non-hydrogen) atoms. The number of hydrogen-bond acceptors (Lipinski definition) is 4. The number of aliphatic imine (C=N–C) groups is 1. The molecule has 0 aliphatic heterocycles. The molecule has 7 nitrogen and oxygen atoms in total. The number of rotatable bonds is 7. The molecule has 3 rings (SSSR count). The molecule has 0 aliphatic rings. The fraction of sp³-hybridized carbons (Fsp3) is 0.250. The van der Waals surface area contributed by atoms with Crippen LogP contribution in [0.3, 0.4) is 0 Å². The summed E-state index contributed by atoms with van der Waals surface area (Å²) in [7, 11) is 1.65. The summed E-state index contributed by atoms with van der Waals surface area (Å²) in [5.41, 5.74) is 3.54. The van der Waals surface area contributed by atoms with Gasteiger partial charge in [-0.15, -0.1) is 24.0 Å². The lowest BCUT2D eigenvalue weighted by Gasteiger charge is -2.15. The lowest BCUT2D eigenvalue weighted by Crippen LogP contribution is -2.36. The van der Waals surface area contributed by atoms with E-state index in [4.69, 9.17) is 0 Å². The topological polar surface area (TPSA) is 87.2 Å². The van der Waals surface area contributed by atoms with E-state index in [-0.39, 0.29) is 29.7 Å². The molecule has 0 saturated heterocycles. The SMILES string of the molecule is CN=C(NCc1cccc(-c2ncn[nH]2)c1)NCc1cc(C)ccc1OC(F)F.I.